The molecule has 8 heteroatoms. The lowest BCUT2D eigenvalue weighted by molar-refractivity contribution is 0.405. The maximum absolute atomic E-state index is 5.94. The van der Waals surface area contributed by atoms with Gasteiger partial charge in [-0.1, -0.05) is 65.1 Å². The lowest BCUT2D eigenvalue weighted by atomic mass is 10.2. The summed E-state index contributed by atoms with van der Waals surface area (Å²) in [5.41, 5.74) is 0.835. The number of nitrogens with zero attached hydrogens (tertiary/aromatic N) is 4. The number of halogens is 3. The van der Waals surface area contributed by atoms with Crippen molar-refractivity contribution in [3.63, 3.8) is 0 Å². The number of alkyl halides is 3. The van der Waals surface area contributed by atoms with Crippen LogP contribution in [0, 0.1) is 0 Å². The minimum Gasteiger partial charge on any atom is -0.354 e. The second kappa shape index (κ2) is 8.11. The van der Waals surface area contributed by atoms with Crippen molar-refractivity contribution in [1.82, 2.24) is 19.9 Å². The topological polar surface area (TPSA) is 53.9 Å². The molecule has 1 aromatic carbocycles. The summed E-state index contributed by atoms with van der Waals surface area (Å²) in [5.74, 6) is 0.974. The van der Waals surface area contributed by atoms with Crippen molar-refractivity contribution in [2.24, 2.45) is 0 Å². The average Bonchev–Trinajstić information content (AvgIpc) is 2.51. The van der Waals surface area contributed by atoms with Crippen molar-refractivity contribution >= 4 is 40.8 Å². The molecule has 0 aliphatic carbocycles. The number of anilines is 1. The normalized spacial score (nSPS) is 11.7. The van der Waals surface area contributed by atoms with E-state index in [0.717, 1.165) is 25.1 Å². The molecule has 124 valence electrons. The number of nitrogens with one attached hydrogen (secondary N) is 1. The van der Waals surface area contributed by atoms with E-state index in [2.05, 4.69) is 25.2 Å². The Morgan fingerprint density at radius 3 is 2.35 bits per heavy atom. The smallest absolute Gasteiger partial charge is 0.250 e. The standard InChI is InChI=1S/C15H18Cl3N5/c1-23(2)10-6-9-19-14-21-12(11-7-4-3-5-8-11)20-13(22-14)15(16,17)18/h3-5,7-8H,6,9-10H2,1-2H3,(H,19,20,21,22). The van der Waals surface area contributed by atoms with E-state index in [9.17, 15) is 0 Å². The van der Waals surface area contributed by atoms with Gasteiger partial charge in [-0.15, -0.1) is 0 Å². The monoisotopic (exact) mass is 373 g/mol. The summed E-state index contributed by atoms with van der Waals surface area (Å²) in [6.07, 6.45) is 0.947. The first-order valence-electron chi connectivity index (χ1n) is 7.13. The van der Waals surface area contributed by atoms with Crippen LogP contribution in [-0.4, -0.2) is 47.0 Å². The first-order chi connectivity index (χ1) is 10.9. The summed E-state index contributed by atoms with van der Waals surface area (Å²) in [4.78, 5) is 15.0. The Morgan fingerprint density at radius 1 is 1.04 bits per heavy atom. The number of hydrogen-bond acceptors (Lipinski definition) is 5. The van der Waals surface area contributed by atoms with E-state index in [-0.39, 0.29) is 5.82 Å². The first-order valence-corrected chi connectivity index (χ1v) is 8.27. The van der Waals surface area contributed by atoms with Crippen molar-refractivity contribution in [2.75, 3.05) is 32.5 Å². The molecule has 1 aromatic heterocycles. The van der Waals surface area contributed by atoms with Crippen LogP contribution in [0.2, 0.25) is 0 Å². The second-order valence-corrected chi connectivity index (χ2v) is 7.53. The predicted octanol–water partition coefficient (Wildman–Crippen LogP) is 3.73. The maximum Gasteiger partial charge on any atom is 0.250 e. The van der Waals surface area contributed by atoms with Gasteiger partial charge in [0.15, 0.2) is 11.6 Å². The zero-order chi connectivity index (χ0) is 16.9. The molecular weight excluding hydrogens is 357 g/mol. The van der Waals surface area contributed by atoms with Gasteiger partial charge < -0.3 is 10.2 Å². The molecule has 0 spiro atoms. The molecular formula is C15H18Cl3N5. The summed E-state index contributed by atoms with van der Waals surface area (Å²) >= 11 is 17.8. The van der Waals surface area contributed by atoms with Gasteiger partial charge in [0, 0.05) is 12.1 Å². The Labute approximate surface area is 151 Å². The highest BCUT2D eigenvalue weighted by Gasteiger charge is 2.28. The zero-order valence-electron chi connectivity index (χ0n) is 12.9. The van der Waals surface area contributed by atoms with Gasteiger partial charge in [-0.05, 0) is 27.1 Å². The largest absolute Gasteiger partial charge is 0.354 e. The molecule has 2 aromatic rings. The van der Waals surface area contributed by atoms with E-state index in [4.69, 9.17) is 34.8 Å². The molecule has 5 nitrogen and oxygen atoms in total. The SMILES string of the molecule is CN(C)CCCNc1nc(-c2ccccc2)nc(C(Cl)(Cl)Cl)n1. The minimum absolute atomic E-state index is 0.103. The van der Waals surface area contributed by atoms with Crippen LogP contribution in [0.1, 0.15) is 12.2 Å². The predicted molar refractivity (Wildman–Crippen MR) is 96.2 cm³/mol. The van der Waals surface area contributed by atoms with Crippen LogP contribution in [0.25, 0.3) is 11.4 Å². The quantitative estimate of drug-likeness (QED) is 0.617. The molecule has 0 amide bonds. The molecule has 0 unspecified atom stereocenters. The van der Waals surface area contributed by atoms with E-state index in [1.54, 1.807) is 0 Å². The third-order valence-electron chi connectivity index (χ3n) is 2.99. The van der Waals surface area contributed by atoms with Gasteiger partial charge in [0.05, 0.1) is 0 Å². The van der Waals surface area contributed by atoms with Gasteiger partial charge in [-0.2, -0.15) is 9.97 Å². The van der Waals surface area contributed by atoms with Crippen LogP contribution in [0.3, 0.4) is 0 Å². The molecule has 1 N–H and O–H groups in total. The average molecular weight is 375 g/mol. The van der Waals surface area contributed by atoms with Crippen molar-refractivity contribution < 1.29 is 0 Å². The summed E-state index contributed by atoms with van der Waals surface area (Å²) in [6, 6.07) is 9.51. The number of benzene rings is 1. The lowest BCUT2D eigenvalue weighted by Gasteiger charge is -2.14. The fraction of sp³-hybridized carbons (Fsp3) is 0.400. The number of rotatable bonds is 6. The van der Waals surface area contributed by atoms with Gasteiger partial charge in [0.25, 0.3) is 0 Å². The first kappa shape index (κ1) is 18.2. The fourth-order valence-electron chi connectivity index (χ4n) is 1.89. The van der Waals surface area contributed by atoms with Crippen LogP contribution in [0.4, 0.5) is 5.95 Å². The minimum atomic E-state index is -1.70. The van der Waals surface area contributed by atoms with Crippen molar-refractivity contribution in [2.45, 2.75) is 10.2 Å². The van der Waals surface area contributed by atoms with Gasteiger partial charge in [-0.3, -0.25) is 0 Å². The molecule has 0 aliphatic rings. The molecule has 0 saturated heterocycles. The molecule has 0 atom stereocenters. The highest BCUT2D eigenvalue weighted by atomic mass is 35.6. The third-order valence-corrected chi connectivity index (χ3v) is 3.49. The van der Waals surface area contributed by atoms with E-state index in [0.29, 0.717) is 11.8 Å². The highest BCUT2D eigenvalue weighted by Crippen LogP contribution is 2.36. The Kier molecular flexibility index (Phi) is 6.41. The summed E-state index contributed by atoms with van der Waals surface area (Å²) < 4.78 is -1.70. The summed E-state index contributed by atoms with van der Waals surface area (Å²) in [5, 5.41) is 3.16. The number of aromatic nitrogens is 3. The summed E-state index contributed by atoms with van der Waals surface area (Å²) in [6.45, 7) is 1.68. The lowest BCUT2D eigenvalue weighted by Crippen LogP contribution is -2.18. The van der Waals surface area contributed by atoms with E-state index in [1.165, 1.54) is 0 Å². The van der Waals surface area contributed by atoms with Crippen LogP contribution in [0.5, 0.6) is 0 Å². The van der Waals surface area contributed by atoms with E-state index in [1.807, 2.05) is 44.4 Å². The van der Waals surface area contributed by atoms with Crippen LogP contribution in [-0.2, 0) is 3.79 Å². The molecule has 0 aliphatic heterocycles. The Bertz CT molecular complexity index is 629. The molecule has 23 heavy (non-hydrogen) atoms. The highest BCUT2D eigenvalue weighted by molar-refractivity contribution is 6.66. The van der Waals surface area contributed by atoms with Crippen molar-refractivity contribution in [3.05, 3.63) is 36.2 Å². The third kappa shape index (κ3) is 5.77. The van der Waals surface area contributed by atoms with E-state index >= 15 is 0 Å². The maximum atomic E-state index is 5.94. The molecule has 0 saturated carbocycles. The van der Waals surface area contributed by atoms with Gasteiger partial charge in [-0.25, -0.2) is 4.98 Å². The summed E-state index contributed by atoms with van der Waals surface area (Å²) in [7, 11) is 4.05. The number of hydrogen-bond donors (Lipinski definition) is 1. The van der Waals surface area contributed by atoms with Gasteiger partial charge in [0.1, 0.15) is 0 Å². The van der Waals surface area contributed by atoms with Crippen LogP contribution in [0.15, 0.2) is 30.3 Å². The Hall–Kier alpha value is -1.14. The van der Waals surface area contributed by atoms with Gasteiger partial charge in [0.2, 0.25) is 9.74 Å². The van der Waals surface area contributed by atoms with Crippen molar-refractivity contribution in [3.8, 4) is 11.4 Å². The Morgan fingerprint density at radius 2 is 1.74 bits per heavy atom. The molecule has 2 rings (SSSR count). The molecule has 1 heterocycles. The zero-order valence-corrected chi connectivity index (χ0v) is 15.2. The van der Waals surface area contributed by atoms with Crippen molar-refractivity contribution in [1.29, 1.82) is 0 Å². The molecule has 0 fully saturated rings. The molecule has 0 radical (unpaired) electrons. The Balaban J connectivity index is 2.24. The van der Waals surface area contributed by atoms with Gasteiger partial charge >= 0.3 is 0 Å². The van der Waals surface area contributed by atoms with E-state index < -0.39 is 3.79 Å². The fourth-order valence-corrected chi connectivity index (χ4v) is 2.15. The van der Waals surface area contributed by atoms with Crippen LogP contribution >= 0.6 is 34.8 Å². The second-order valence-electron chi connectivity index (χ2n) is 5.25. The molecule has 0 bridgehead atoms. The van der Waals surface area contributed by atoms with Crippen LogP contribution < -0.4 is 5.32 Å².